The predicted molar refractivity (Wildman–Crippen MR) is 57.1 cm³/mol. The molecule has 0 aliphatic heterocycles. The van der Waals surface area contributed by atoms with Crippen molar-refractivity contribution in [2.24, 2.45) is 0 Å². The molecule has 2 aromatic rings. The van der Waals surface area contributed by atoms with Crippen molar-refractivity contribution in [3.8, 4) is 10.6 Å². The van der Waals surface area contributed by atoms with Gasteiger partial charge in [0.1, 0.15) is 5.01 Å². The fourth-order valence-corrected chi connectivity index (χ4v) is 1.96. The Bertz CT molecular complexity index is 384. The number of thiazole rings is 1. The van der Waals surface area contributed by atoms with E-state index in [4.69, 9.17) is 11.6 Å². The number of benzene rings is 1. The van der Waals surface area contributed by atoms with Crippen molar-refractivity contribution in [1.82, 2.24) is 4.98 Å². The maximum absolute atomic E-state index is 5.74. The highest BCUT2D eigenvalue weighted by molar-refractivity contribution is 7.13. The van der Waals surface area contributed by atoms with Crippen molar-refractivity contribution in [2.45, 2.75) is 5.88 Å². The second kappa shape index (κ2) is 3.90. The van der Waals surface area contributed by atoms with Crippen LogP contribution in [0.1, 0.15) is 5.56 Å². The molecular weight excluding hydrogens is 202 g/mol. The number of hydrogen-bond donors (Lipinski definition) is 0. The molecule has 1 aromatic carbocycles. The molecule has 0 aliphatic rings. The van der Waals surface area contributed by atoms with Gasteiger partial charge >= 0.3 is 0 Å². The van der Waals surface area contributed by atoms with Crippen LogP contribution in [-0.2, 0) is 5.88 Å². The average Bonchev–Trinajstić information content (AvgIpc) is 2.71. The van der Waals surface area contributed by atoms with Gasteiger partial charge in [-0.3, -0.25) is 0 Å². The summed E-state index contributed by atoms with van der Waals surface area (Å²) in [7, 11) is 0. The second-order valence-electron chi connectivity index (χ2n) is 2.67. The minimum Gasteiger partial charge on any atom is -0.245 e. The standard InChI is InChI=1S/C10H8ClNS/c11-7-8-2-1-3-9(6-8)10-12-4-5-13-10/h1-6H,7H2. The summed E-state index contributed by atoms with van der Waals surface area (Å²) in [6.07, 6.45) is 1.81. The first-order valence-corrected chi connectivity index (χ1v) is 5.36. The van der Waals surface area contributed by atoms with Gasteiger partial charge < -0.3 is 0 Å². The Balaban J connectivity index is 2.41. The van der Waals surface area contributed by atoms with Gasteiger partial charge in [0.2, 0.25) is 0 Å². The van der Waals surface area contributed by atoms with Crippen LogP contribution in [0.4, 0.5) is 0 Å². The second-order valence-corrected chi connectivity index (χ2v) is 3.83. The molecule has 0 aliphatic carbocycles. The topological polar surface area (TPSA) is 12.9 Å². The number of aromatic nitrogens is 1. The summed E-state index contributed by atoms with van der Waals surface area (Å²) in [4.78, 5) is 4.24. The summed E-state index contributed by atoms with van der Waals surface area (Å²) in [5.74, 6) is 0.555. The highest BCUT2D eigenvalue weighted by atomic mass is 35.5. The molecule has 0 saturated heterocycles. The highest BCUT2D eigenvalue weighted by Gasteiger charge is 1.99. The lowest BCUT2D eigenvalue weighted by Gasteiger charge is -1.98. The first-order chi connectivity index (χ1) is 6.40. The number of halogens is 1. The van der Waals surface area contributed by atoms with Crippen molar-refractivity contribution in [2.75, 3.05) is 0 Å². The first kappa shape index (κ1) is 8.73. The zero-order chi connectivity index (χ0) is 9.10. The van der Waals surface area contributed by atoms with E-state index in [-0.39, 0.29) is 0 Å². The van der Waals surface area contributed by atoms with Crippen LogP contribution < -0.4 is 0 Å². The maximum atomic E-state index is 5.74. The van der Waals surface area contributed by atoms with E-state index in [2.05, 4.69) is 17.1 Å². The predicted octanol–water partition coefficient (Wildman–Crippen LogP) is 3.55. The Labute approximate surface area is 86.0 Å². The Kier molecular flexibility index (Phi) is 2.62. The van der Waals surface area contributed by atoms with Crippen LogP contribution in [0.3, 0.4) is 0 Å². The van der Waals surface area contributed by atoms with E-state index < -0.39 is 0 Å². The van der Waals surface area contributed by atoms with E-state index in [1.807, 2.05) is 23.7 Å². The Morgan fingerprint density at radius 3 is 3.00 bits per heavy atom. The van der Waals surface area contributed by atoms with Crippen LogP contribution >= 0.6 is 22.9 Å². The first-order valence-electron chi connectivity index (χ1n) is 3.95. The Hall–Kier alpha value is -0.860. The van der Waals surface area contributed by atoms with E-state index in [9.17, 15) is 0 Å². The third kappa shape index (κ3) is 1.90. The lowest BCUT2D eigenvalue weighted by molar-refractivity contribution is 1.37. The third-order valence-corrected chi connectivity index (χ3v) is 2.89. The van der Waals surface area contributed by atoms with Crippen molar-refractivity contribution in [3.63, 3.8) is 0 Å². The quantitative estimate of drug-likeness (QED) is 0.690. The van der Waals surface area contributed by atoms with Crippen molar-refractivity contribution >= 4 is 22.9 Å². The van der Waals surface area contributed by atoms with Gasteiger partial charge in [0, 0.05) is 23.0 Å². The summed E-state index contributed by atoms with van der Waals surface area (Å²) >= 11 is 7.38. The molecule has 2 rings (SSSR count). The van der Waals surface area contributed by atoms with Gasteiger partial charge in [0.05, 0.1) is 0 Å². The number of nitrogens with zero attached hydrogens (tertiary/aromatic N) is 1. The SMILES string of the molecule is ClCc1cccc(-c2nccs2)c1. The van der Waals surface area contributed by atoms with Crippen LogP contribution in [0.15, 0.2) is 35.8 Å². The normalized spacial score (nSPS) is 10.2. The van der Waals surface area contributed by atoms with E-state index >= 15 is 0 Å². The fourth-order valence-electron chi connectivity index (χ4n) is 1.15. The minimum absolute atomic E-state index is 0.555. The highest BCUT2D eigenvalue weighted by Crippen LogP contribution is 2.22. The summed E-state index contributed by atoms with van der Waals surface area (Å²) < 4.78 is 0. The van der Waals surface area contributed by atoms with E-state index in [1.165, 1.54) is 0 Å². The van der Waals surface area contributed by atoms with Gasteiger partial charge in [-0.2, -0.15) is 0 Å². The molecule has 0 bridgehead atoms. The zero-order valence-electron chi connectivity index (χ0n) is 6.90. The van der Waals surface area contributed by atoms with Crippen LogP contribution in [0, 0.1) is 0 Å². The smallest absolute Gasteiger partial charge is 0.123 e. The van der Waals surface area contributed by atoms with Crippen molar-refractivity contribution in [3.05, 3.63) is 41.4 Å². The molecule has 13 heavy (non-hydrogen) atoms. The summed E-state index contributed by atoms with van der Waals surface area (Å²) in [5, 5.41) is 3.02. The van der Waals surface area contributed by atoms with Crippen molar-refractivity contribution < 1.29 is 0 Å². The zero-order valence-corrected chi connectivity index (χ0v) is 8.48. The van der Waals surface area contributed by atoms with Gasteiger partial charge in [0.25, 0.3) is 0 Å². The van der Waals surface area contributed by atoms with Gasteiger partial charge in [0.15, 0.2) is 0 Å². The van der Waals surface area contributed by atoms with Gasteiger partial charge in [-0.1, -0.05) is 18.2 Å². The molecule has 0 spiro atoms. The molecule has 1 heterocycles. The lowest BCUT2D eigenvalue weighted by atomic mass is 10.1. The summed E-state index contributed by atoms with van der Waals surface area (Å²) in [5.41, 5.74) is 2.28. The monoisotopic (exact) mass is 209 g/mol. The van der Waals surface area contributed by atoms with Gasteiger partial charge in [-0.15, -0.1) is 22.9 Å². The molecule has 3 heteroatoms. The van der Waals surface area contributed by atoms with Crippen LogP contribution in [0.5, 0.6) is 0 Å². The van der Waals surface area contributed by atoms with E-state index in [0.29, 0.717) is 5.88 Å². The van der Waals surface area contributed by atoms with Crippen LogP contribution in [0.25, 0.3) is 10.6 Å². The van der Waals surface area contributed by atoms with Crippen molar-refractivity contribution in [1.29, 1.82) is 0 Å². The minimum atomic E-state index is 0.555. The summed E-state index contributed by atoms with van der Waals surface area (Å²) in [6, 6.07) is 8.15. The molecule has 1 nitrogen and oxygen atoms in total. The summed E-state index contributed by atoms with van der Waals surface area (Å²) in [6.45, 7) is 0. The van der Waals surface area contributed by atoms with Crippen LogP contribution in [-0.4, -0.2) is 4.98 Å². The van der Waals surface area contributed by atoms with E-state index in [1.54, 1.807) is 11.3 Å². The number of rotatable bonds is 2. The number of alkyl halides is 1. The third-order valence-electron chi connectivity index (χ3n) is 1.76. The largest absolute Gasteiger partial charge is 0.245 e. The molecule has 0 fully saturated rings. The Morgan fingerprint density at radius 2 is 2.31 bits per heavy atom. The van der Waals surface area contributed by atoms with E-state index in [0.717, 1.165) is 16.1 Å². The molecule has 0 unspecified atom stereocenters. The number of hydrogen-bond acceptors (Lipinski definition) is 2. The molecule has 0 N–H and O–H groups in total. The molecule has 0 amide bonds. The van der Waals surface area contributed by atoms with Gasteiger partial charge in [-0.25, -0.2) is 4.98 Å². The molecule has 0 atom stereocenters. The average molecular weight is 210 g/mol. The fraction of sp³-hybridized carbons (Fsp3) is 0.100. The maximum Gasteiger partial charge on any atom is 0.123 e. The van der Waals surface area contributed by atoms with Crippen LogP contribution in [0.2, 0.25) is 0 Å². The van der Waals surface area contributed by atoms with Gasteiger partial charge in [-0.05, 0) is 11.6 Å². The Morgan fingerprint density at radius 1 is 1.38 bits per heavy atom. The molecule has 1 aromatic heterocycles. The molecular formula is C10H8ClNS. The molecule has 0 saturated carbocycles. The lowest BCUT2D eigenvalue weighted by Crippen LogP contribution is -1.79. The molecule has 66 valence electrons. The molecule has 0 radical (unpaired) electrons.